The molecular weight excluding hydrogens is 236 g/mol. The van der Waals surface area contributed by atoms with Crippen molar-refractivity contribution in [3.63, 3.8) is 0 Å². The van der Waals surface area contributed by atoms with Gasteiger partial charge in [-0.25, -0.2) is 0 Å². The molecule has 0 bridgehead atoms. The topological polar surface area (TPSA) is 32.3 Å². The number of benzene rings is 1. The molecule has 1 aliphatic carbocycles. The summed E-state index contributed by atoms with van der Waals surface area (Å²) in [6.07, 6.45) is 3.36. The zero-order valence-electron chi connectivity index (χ0n) is 12.2. The fraction of sp³-hybridized carbons (Fsp3) is 0.562. The highest BCUT2D eigenvalue weighted by Crippen LogP contribution is 2.29. The Morgan fingerprint density at radius 1 is 1.37 bits per heavy atom. The average Bonchev–Trinajstić information content (AvgIpc) is 3.20. The fourth-order valence-electron chi connectivity index (χ4n) is 2.45. The number of carbonyl (C=O) groups is 1. The molecule has 1 aliphatic rings. The molecule has 104 valence electrons. The molecule has 1 aromatic carbocycles. The van der Waals surface area contributed by atoms with Crippen LogP contribution in [-0.2, 0) is 0 Å². The van der Waals surface area contributed by atoms with E-state index in [1.165, 1.54) is 12.8 Å². The van der Waals surface area contributed by atoms with Crippen LogP contribution in [0.4, 0.5) is 5.69 Å². The number of hydrogen-bond donors (Lipinski definition) is 1. The van der Waals surface area contributed by atoms with E-state index in [4.69, 9.17) is 0 Å². The molecule has 3 heteroatoms. The molecule has 1 aromatic rings. The highest BCUT2D eigenvalue weighted by molar-refractivity contribution is 5.96. The zero-order valence-corrected chi connectivity index (χ0v) is 12.2. The molecule has 0 radical (unpaired) electrons. The molecule has 3 nitrogen and oxygen atoms in total. The van der Waals surface area contributed by atoms with E-state index >= 15 is 0 Å². The van der Waals surface area contributed by atoms with Crippen molar-refractivity contribution >= 4 is 11.6 Å². The number of nitrogens with one attached hydrogen (secondary N) is 1. The minimum Gasteiger partial charge on any atom is -0.385 e. The van der Waals surface area contributed by atoms with Gasteiger partial charge in [-0.1, -0.05) is 6.92 Å². The molecule has 0 spiro atoms. The van der Waals surface area contributed by atoms with Crippen molar-refractivity contribution < 1.29 is 4.79 Å². The Balaban J connectivity index is 2.17. The normalized spacial score (nSPS) is 14.3. The molecular formula is C16H24N2O. The SMILES string of the molecule is CCCN(C(=O)c1ccc(NCC)cc1C)C1CC1. The Morgan fingerprint density at radius 2 is 2.11 bits per heavy atom. The van der Waals surface area contributed by atoms with Gasteiger partial charge in [-0.2, -0.15) is 0 Å². The molecule has 0 aromatic heterocycles. The monoisotopic (exact) mass is 260 g/mol. The van der Waals surface area contributed by atoms with Gasteiger partial charge >= 0.3 is 0 Å². The van der Waals surface area contributed by atoms with Crippen LogP contribution in [0.15, 0.2) is 18.2 Å². The van der Waals surface area contributed by atoms with Crippen LogP contribution in [0.5, 0.6) is 0 Å². The highest BCUT2D eigenvalue weighted by atomic mass is 16.2. The Bertz CT molecular complexity index is 452. The predicted octanol–water partition coefficient (Wildman–Crippen LogP) is 3.44. The van der Waals surface area contributed by atoms with Gasteiger partial charge in [0.2, 0.25) is 0 Å². The zero-order chi connectivity index (χ0) is 13.8. The van der Waals surface area contributed by atoms with E-state index in [0.29, 0.717) is 6.04 Å². The highest BCUT2D eigenvalue weighted by Gasteiger charge is 2.32. The van der Waals surface area contributed by atoms with E-state index in [9.17, 15) is 4.79 Å². The summed E-state index contributed by atoms with van der Waals surface area (Å²) in [5, 5.41) is 3.28. The maximum absolute atomic E-state index is 12.6. The standard InChI is InChI=1S/C16H24N2O/c1-4-10-18(14-7-8-14)16(19)15-9-6-13(17-5-2)11-12(15)3/h6,9,11,14,17H,4-5,7-8,10H2,1-3H3. The Morgan fingerprint density at radius 3 is 2.63 bits per heavy atom. The summed E-state index contributed by atoms with van der Waals surface area (Å²) in [7, 11) is 0. The van der Waals surface area contributed by atoms with Crippen molar-refractivity contribution in [3.05, 3.63) is 29.3 Å². The predicted molar refractivity (Wildman–Crippen MR) is 79.7 cm³/mol. The number of carbonyl (C=O) groups excluding carboxylic acids is 1. The second-order valence-electron chi connectivity index (χ2n) is 5.29. The third-order valence-corrected chi connectivity index (χ3v) is 3.55. The van der Waals surface area contributed by atoms with E-state index in [-0.39, 0.29) is 5.91 Å². The first-order valence-corrected chi connectivity index (χ1v) is 7.32. The average molecular weight is 260 g/mol. The van der Waals surface area contributed by atoms with Gasteiger partial charge in [0.25, 0.3) is 5.91 Å². The largest absolute Gasteiger partial charge is 0.385 e. The van der Waals surface area contributed by atoms with Gasteiger partial charge in [-0.3, -0.25) is 4.79 Å². The lowest BCUT2D eigenvalue weighted by molar-refractivity contribution is 0.0742. The van der Waals surface area contributed by atoms with Crippen LogP contribution in [0.1, 0.15) is 49.0 Å². The van der Waals surface area contributed by atoms with Crippen LogP contribution >= 0.6 is 0 Å². The first kappa shape index (κ1) is 13.9. The van der Waals surface area contributed by atoms with E-state index in [1.54, 1.807) is 0 Å². The summed E-state index contributed by atoms with van der Waals surface area (Å²) in [4.78, 5) is 14.7. The van der Waals surface area contributed by atoms with E-state index in [1.807, 2.05) is 19.1 Å². The van der Waals surface area contributed by atoms with Crippen molar-refractivity contribution in [2.24, 2.45) is 0 Å². The second kappa shape index (κ2) is 6.09. The van der Waals surface area contributed by atoms with Gasteiger partial charge in [-0.05, 0) is 56.9 Å². The Labute approximate surface area is 116 Å². The van der Waals surface area contributed by atoms with E-state index in [0.717, 1.165) is 36.3 Å². The van der Waals surface area contributed by atoms with Crippen molar-refractivity contribution in [2.45, 2.75) is 46.1 Å². The van der Waals surface area contributed by atoms with Crippen molar-refractivity contribution in [1.29, 1.82) is 0 Å². The van der Waals surface area contributed by atoms with Crippen molar-refractivity contribution in [2.75, 3.05) is 18.4 Å². The molecule has 2 rings (SSSR count). The minimum absolute atomic E-state index is 0.199. The molecule has 1 N–H and O–H groups in total. The number of amides is 1. The summed E-state index contributed by atoms with van der Waals surface area (Å²) in [6, 6.07) is 6.51. The lowest BCUT2D eigenvalue weighted by Crippen LogP contribution is -2.34. The molecule has 1 fully saturated rings. The van der Waals surface area contributed by atoms with Gasteiger partial charge in [0, 0.05) is 30.4 Å². The van der Waals surface area contributed by atoms with Gasteiger partial charge in [0.1, 0.15) is 0 Å². The lowest BCUT2D eigenvalue weighted by atomic mass is 10.1. The van der Waals surface area contributed by atoms with Gasteiger partial charge in [-0.15, -0.1) is 0 Å². The second-order valence-corrected chi connectivity index (χ2v) is 5.29. The first-order chi connectivity index (χ1) is 9.17. The van der Waals surface area contributed by atoms with Crippen LogP contribution < -0.4 is 5.32 Å². The number of anilines is 1. The third-order valence-electron chi connectivity index (χ3n) is 3.55. The molecule has 0 unspecified atom stereocenters. The third kappa shape index (κ3) is 3.28. The number of nitrogens with zero attached hydrogens (tertiary/aromatic N) is 1. The Kier molecular flexibility index (Phi) is 4.46. The minimum atomic E-state index is 0.199. The van der Waals surface area contributed by atoms with Gasteiger partial charge < -0.3 is 10.2 Å². The molecule has 0 saturated heterocycles. The van der Waals surface area contributed by atoms with E-state index < -0.39 is 0 Å². The summed E-state index contributed by atoms with van der Waals surface area (Å²) < 4.78 is 0. The van der Waals surface area contributed by atoms with Gasteiger partial charge in [0.15, 0.2) is 0 Å². The summed E-state index contributed by atoms with van der Waals surface area (Å²) in [5.41, 5.74) is 3.00. The maximum Gasteiger partial charge on any atom is 0.254 e. The van der Waals surface area contributed by atoms with Crippen LogP contribution in [0.3, 0.4) is 0 Å². The number of hydrogen-bond acceptors (Lipinski definition) is 2. The van der Waals surface area contributed by atoms with Crippen molar-refractivity contribution in [1.82, 2.24) is 4.90 Å². The quantitative estimate of drug-likeness (QED) is 0.849. The van der Waals surface area contributed by atoms with Gasteiger partial charge in [0.05, 0.1) is 0 Å². The smallest absolute Gasteiger partial charge is 0.254 e. The molecule has 19 heavy (non-hydrogen) atoms. The fourth-order valence-corrected chi connectivity index (χ4v) is 2.45. The van der Waals surface area contributed by atoms with Crippen LogP contribution in [0.2, 0.25) is 0 Å². The maximum atomic E-state index is 12.6. The molecule has 0 heterocycles. The molecule has 0 aliphatic heterocycles. The molecule has 0 atom stereocenters. The number of aryl methyl sites for hydroxylation is 1. The number of rotatable bonds is 6. The van der Waals surface area contributed by atoms with Crippen LogP contribution in [0.25, 0.3) is 0 Å². The van der Waals surface area contributed by atoms with Crippen LogP contribution in [0, 0.1) is 6.92 Å². The molecule has 1 saturated carbocycles. The molecule has 1 amide bonds. The first-order valence-electron chi connectivity index (χ1n) is 7.32. The summed E-state index contributed by atoms with van der Waals surface area (Å²) in [5.74, 6) is 0.199. The van der Waals surface area contributed by atoms with E-state index in [2.05, 4.69) is 30.1 Å². The lowest BCUT2D eigenvalue weighted by Gasteiger charge is -2.23. The summed E-state index contributed by atoms with van der Waals surface area (Å²) >= 11 is 0. The van der Waals surface area contributed by atoms with Crippen molar-refractivity contribution in [3.8, 4) is 0 Å². The summed E-state index contributed by atoms with van der Waals surface area (Å²) in [6.45, 7) is 7.99. The Hall–Kier alpha value is -1.51. The van der Waals surface area contributed by atoms with Crippen LogP contribution in [-0.4, -0.2) is 29.9 Å².